The lowest BCUT2D eigenvalue weighted by Gasteiger charge is -2.17. The predicted molar refractivity (Wildman–Crippen MR) is 76.2 cm³/mol. The highest BCUT2D eigenvalue weighted by Crippen LogP contribution is 2.27. The van der Waals surface area contributed by atoms with Crippen LogP contribution >= 0.6 is 23.2 Å². The molecule has 0 aromatic heterocycles. The molecule has 0 fully saturated rings. The number of carbonyl (C=O) groups excluding carboxylic acids is 2. The Kier molecular flexibility index (Phi) is 6.10. The summed E-state index contributed by atoms with van der Waals surface area (Å²) >= 11 is 11.6. The van der Waals surface area contributed by atoms with Gasteiger partial charge in [-0.1, -0.05) is 23.2 Å². The minimum absolute atomic E-state index is 0.294. The van der Waals surface area contributed by atoms with Crippen LogP contribution in [-0.4, -0.2) is 43.6 Å². The van der Waals surface area contributed by atoms with Gasteiger partial charge in [-0.15, -0.1) is 0 Å². The molecule has 0 saturated heterocycles. The van der Waals surface area contributed by atoms with Gasteiger partial charge in [0.15, 0.2) is 12.7 Å². The molecule has 1 unspecified atom stereocenters. The molecule has 20 heavy (non-hydrogen) atoms. The summed E-state index contributed by atoms with van der Waals surface area (Å²) in [6.45, 7) is 1.15. The monoisotopic (exact) mass is 319 g/mol. The fourth-order valence-electron chi connectivity index (χ4n) is 1.37. The Morgan fingerprint density at radius 2 is 1.95 bits per heavy atom. The van der Waals surface area contributed by atoms with E-state index >= 15 is 0 Å². The van der Waals surface area contributed by atoms with Gasteiger partial charge in [0, 0.05) is 19.1 Å². The van der Waals surface area contributed by atoms with E-state index in [9.17, 15) is 9.59 Å². The first-order chi connectivity index (χ1) is 9.31. The highest BCUT2D eigenvalue weighted by atomic mass is 35.5. The molecule has 1 amide bonds. The van der Waals surface area contributed by atoms with E-state index < -0.39 is 12.1 Å². The predicted octanol–water partition coefficient (Wildman–Crippen LogP) is 2.39. The van der Waals surface area contributed by atoms with E-state index in [1.165, 1.54) is 17.9 Å². The minimum atomic E-state index is -0.859. The highest BCUT2D eigenvalue weighted by Gasteiger charge is 2.19. The molecule has 0 N–H and O–H groups in total. The van der Waals surface area contributed by atoms with E-state index in [1.54, 1.807) is 26.2 Å². The van der Waals surface area contributed by atoms with Gasteiger partial charge in [0.2, 0.25) is 0 Å². The van der Waals surface area contributed by atoms with Crippen molar-refractivity contribution < 1.29 is 19.1 Å². The summed E-state index contributed by atoms with van der Waals surface area (Å²) in [5, 5.41) is 0.762. The van der Waals surface area contributed by atoms with Gasteiger partial charge in [0.25, 0.3) is 5.91 Å². The maximum Gasteiger partial charge on any atom is 0.344 e. The quantitative estimate of drug-likeness (QED) is 0.782. The highest BCUT2D eigenvalue weighted by molar-refractivity contribution is 6.35. The average molecular weight is 320 g/mol. The molecule has 0 bridgehead atoms. The molecule has 1 atom stereocenters. The molecule has 110 valence electrons. The Hall–Kier alpha value is -1.46. The molecular weight excluding hydrogens is 305 g/mol. The topological polar surface area (TPSA) is 55.8 Å². The third kappa shape index (κ3) is 4.90. The molecular formula is C13H15Cl2NO4. The van der Waals surface area contributed by atoms with Gasteiger partial charge in [-0.05, 0) is 25.1 Å². The molecule has 1 aromatic rings. The smallest absolute Gasteiger partial charge is 0.344 e. The second-order valence-corrected chi connectivity index (χ2v) is 5.07. The number of rotatable bonds is 5. The van der Waals surface area contributed by atoms with Gasteiger partial charge in [0.05, 0.1) is 5.02 Å². The van der Waals surface area contributed by atoms with Gasteiger partial charge in [-0.25, -0.2) is 4.79 Å². The first-order valence-corrected chi connectivity index (χ1v) is 6.55. The summed E-state index contributed by atoms with van der Waals surface area (Å²) in [5.41, 5.74) is 0. The van der Waals surface area contributed by atoms with Crippen molar-refractivity contribution in [2.24, 2.45) is 0 Å². The second kappa shape index (κ2) is 7.36. The van der Waals surface area contributed by atoms with Crippen LogP contribution in [0.1, 0.15) is 6.92 Å². The number of likely N-dealkylation sites (N-methyl/N-ethyl adjacent to an activating group) is 1. The normalized spacial score (nSPS) is 11.7. The number of esters is 1. The molecule has 0 aliphatic heterocycles. The molecule has 0 radical (unpaired) electrons. The van der Waals surface area contributed by atoms with Crippen LogP contribution in [0.5, 0.6) is 5.75 Å². The van der Waals surface area contributed by atoms with E-state index in [1.807, 2.05) is 0 Å². The lowest BCUT2D eigenvalue weighted by molar-refractivity contribution is -0.159. The molecule has 7 heteroatoms. The standard InChI is InChI=1S/C13H15Cl2NO4/c1-8(13(18)16(2)3)20-12(17)7-19-11-5-4-9(14)6-10(11)15/h4-6,8H,7H2,1-3H3. The zero-order valence-corrected chi connectivity index (χ0v) is 12.9. The van der Waals surface area contributed by atoms with Crippen molar-refractivity contribution in [1.82, 2.24) is 4.90 Å². The van der Waals surface area contributed by atoms with Crippen LogP contribution in [0.4, 0.5) is 0 Å². The van der Waals surface area contributed by atoms with Gasteiger partial charge < -0.3 is 14.4 Å². The Balaban J connectivity index is 2.49. The SMILES string of the molecule is CC(OC(=O)COc1ccc(Cl)cc1Cl)C(=O)N(C)C. The van der Waals surface area contributed by atoms with E-state index in [0.717, 1.165) is 0 Å². The Bertz CT molecular complexity index is 505. The molecule has 0 heterocycles. The Labute approximate surface area is 127 Å². The fraction of sp³-hybridized carbons (Fsp3) is 0.385. The Morgan fingerprint density at radius 3 is 2.50 bits per heavy atom. The van der Waals surface area contributed by atoms with Crippen molar-refractivity contribution in [3.05, 3.63) is 28.2 Å². The first kappa shape index (κ1) is 16.6. The summed E-state index contributed by atoms with van der Waals surface area (Å²) in [4.78, 5) is 24.4. The van der Waals surface area contributed by atoms with E-state index in [0.29, 0.717) is 15.8 Å². The van der Waals surface area contributed by atoms with E-state index in [4.69, 9.17) is 32.7 Å². The van der Waals surface area contributed by atoms with Crippen molar-refractivity contribution in [2.45, 2.75) is 13.0 Å². The van der Waals surface area contributed by atoms with Gasteiger partial charge >= 0.3 is 5.97 Å². The van der Waals surface area contributed by atoms with Crippen LogP contribution in [0, 0.1) is 0 Å². The van der Waals surface area contributed by atoms with E-state index in [-0.39, 0.29) is 12.5 Å². The van der Waals surface area contributed by atoms with Crippen LogP contribution in [-0.2, 0) is 14.3 Å². The van der Waals surface area contributed by atoms with E-state index in [2.05, 4.69) is 0 Å². The summed E-state index contributed by atoms with van der Waals surface area (Å²) in [6.07, 6.45) is -0.859. The Morgan fingerprint density at radius 1 is 1.30 bits per heavy atom. The summed E-state index contributed by atoms with van der Waals surface area (Å²) in [5.74, 6) is -0.638. The minimum Gasteiger partial charge on any atom is -0.480 e. The lowest BCUT2D eigenvalue weighted by Crippen LogP contribution is -2.35. The van der Waals surface area contributed by atoms with Crippen molar-refractivity contribution in [2.75, 3.05) is 20.7 Å². The van der Waals surface area contributed by atoms with Crippen LogP contribution in [0.15, 0.2) is 18.2 Å². The molecule has 0 aliphatic rings. The largest absolute Gasteiger partial charge is 0.480 e. The number of halogens is 2. The fourth-order valence-corrected chi connectivity index (χ4v) is 1.84. The number of nitrogens with zero attached hydrogens (tertiary/aromatic N) is 1. The van der Waals surface area contributed by atoms with Crippen LogP contribution < -0.4 is 4.74 Å². The average Bonchev–Trinajstić information content (AvgIpc) is 2.36. The van der Waals surface area contributed by atoms with Gasteiger partial charge in [0.1, 0.15) is 5.75 Å². The maximum absolute atomic E-state index is 11.5. The second-order valence-electron chi connectivity index (χ2n) is 4.23. The number of ether oxygens (including phenoxy) is 2. The van der Waals surface area contributed by atoms with Gasteiger partial charge in [-0.2, -0.15) is 0 Å². The third-order valence-electron chi connectivity index (χ3n) is 2.34. The maximum atomic E-state index is 11.5. The van der Waals surface area contributed by atoms with Crippen LogP contribution in [0.25, 0.3) is 0 Å². The van der Waals surface area contributed by atoms with Crippen molar-refractivity contribution >= 4 is 35.1 Å². The lowest BCUT2D eigenvalue weighted by atomic mass is 10.3. The number of hydrogen-bond donors (Lipinski definition) is 0. The summed E-state index contributed by atoms with van der Waals surface area (Å²) < 4.78 is 10.1. The molecule has 0 saturated carbocycles. The summed E-state index contributed by atoms with van der Waals surface area (Å²) in [7, 11) is 3.16. The van der Waals surface area contributed by atoms with Crippen LogP contribution in [0.2, 0.25) is 10.0 Å². The van der Waals surface area contributed by atoms with Crippen molar-refractivity contribution in [3.63, 3.8) is 0 Å². The molecule has 0 aliphatic carbocycles. The van der Waals surface area contributed by atoms with Gasteiger partial charge in [-0.3, -0.25) is 4.79 Å². The molecule has 0 spiro atoms. The summed E-state index contributed by atoms with van der Waals surface area (Å²) in [6, 6.07) is 4.64. The molecule has 5 nitrogen and oxygen atoms in total. The number of hydrogen-bond acceptors (Lipinski definition) is 4. The molecule has 1 rings (SSSR count). The number of amides is 1. The zero-order valence-electron chi connectivity index (χ0n) is 11.4. The zero-order chi connectivity index (χ0) is 15.3. The van der Waals surface area contributed by atoms with Crippen molar-refractivity contribution in [1.29, 1.82) is 0 Å². The number of carbonyl (C=O) groups is 2. The van der Waals surface area contributed by atoms with Crippen molar-refractivity contribution in [3.8, 4) is 5.75 Å². The first-order valence-electron chi connectivity index (χ1n) is 5.79. The third-order valence-corrected chi connectivity index (χ3v) is 2.87. The number of benzene rings is 1. The molecule has 1 aromatic carbocycles. The van der Waals surface area contributed by atoms with Crippen LogP contribution in [0.3, 0.4) is 0 Å².